The van der Waals surface area contributed by atoms with Crippen LogP contribution in [0.2, 0.25) is 0 Å². The quantitative estimate of drug-likeness (QED) is 0.383. The van der Waals surface area contributed by atoms with Gasteiger partial charge in [0.2, 0.25) is 0 Å². The molecule has 6 nitrogen and oxygen atoms in total. The minimum absolute atomic E-state index is 0.0447. The number of hydrogen-bond acceptors (Lipinski definition) is 7. The SMILES string of the molecule is CCc1nsc(Sc2ccc(C(N)=NO)cn2)n1. The molecule has 0 atom stereocenters. The number of aryl methyl sites for hydroxylation is 1. The number of nitrogens with zero attached hydrogens (tertiary/aromatic N) is 4. The second-order valence-corrected chi connectivity index (χ2v) is 5.32. The Morgan fingerprint density at radius 3 is 2.94 bits per heavy atom. The smallest absolute Gasteiger partial charge is 0.176 e. The highest BCUT2D eigenvalue weighted by Crippen LogP contribution is 2.27. The van der Waals surface area contributed by atoms with Gasteiger partial charge in [0, 0.05) is 18.2 Å². The van der Waals surface area contributed by atoms with Gasteiger partial charge >= 0.3 is 0 Å². The third-order valence-electron chi connectivity index (χ3n) is 2.10. The van der Waals surface area contributed by atoms with Crippen LogP contribution < -0.4 is 5.73 Å². The Labute approximate surface area is 112 Å². The standard InChI is InChI=1S/C10H11N5OS2/c1-2-7-13-10(18-15-7)17-8-4-3-6(5-12-8)9(11)14-16/h3-5,16H,2H2,1H3,(H2,11,14). The predicted molar refractivity (Wildman–Crippen MR) is 70.2 cm³/mol. The molecule has 0 aliphatic carbocycles. The summed E-state index contributed by atoms with van der Waals surface area (Å²) in [6.07, 6.45) is 2.38. The summed E-state index contributed by atoms with van der Waals surface area (Å²) in [5.74, 6) is 0.888. The molecule has 0 bridgehead atoms. The van der Waals surface area contributed by atoms with Crippen molar-refractivity contribution in [3.8, 4) is 0 Å². The lowest BCUT2D eigenvalue weighted by molar-refractivity contribution is 0.318. The Morgan fingerprint density at radius 1 is 1.56 bits per heavy atom. The lowest BCUT2D eigenvalue weighted by Crippen LogP contribution is -2.13. The minimum atomic E-state index is 0.0447. The summed E-state index contributed by atoms with van der Waals surface area (Å²) >= 11 is 2.80. The van der Waals surface area contributed by atoms with Gasteiger partial charge in [-0.3, -0.25) is 0 Å². The van der Waals surface area contributed by atoms with Gasteiger partial charge in [0.1, 0.15) is 10.9 Å². The van der Waals surface area contributed by atoms with E-state index < -0.39 is 0 Å². The van der Waals surface area contributed by atoms with Crippen LogP contribution >= 0.6 is 23.3 Å². The lowest BCUT2D eigenvalue weighted by Gasteiger charge is -1.99. The molecule has 2 heterocycles. The summed E-state index contributed by atoms with van der Waals surface area (Å²) in [6, 6.07) is 3.54. The second kappa shape index (κ2) is 5.78. The first-order valence-corrected chi connectivity index (χ1v) is 6.76. The molecule has 0 saturated heterocycles. The topological polar surface area (TPSA) is 97.3 Å². The van der Waals surface area contributed by atoms with Gasteiger partial charge in [0.05, 0.1) is 0 Å². The van der Waals surface area contributed by atoms with E-state index in [9.17, 15) is 0 Å². The first kappa shape index (κ1) is 12.8. The molecule has 3 N–H and O–H groups in total. The largest absolute Gasteiger partial charge is 0.409 e. The van der Waals surface area contributed by atoms with E-state index in [0.29, 0.717) is 5.56 Å². The number of oxime groups is 1. The monoisotopic (exact) mass is 281 g/mol. The maximum Gasteiger partial charge on any atom is 0.176 e. The Kier molecular flexibility index (Phi) is 4.11. The Morgan fingerprint density at radius 2 is 2.39 bits per heavy atom. The van der Waals surface area contributed by atoms with Crippen molar-refractivity contribution in [3.05, 3.63) is 29.7 Å². The van der Waals surface area contributed by atoms with Crippen LogP contribution in [0.25, 0.3) is 0 Å². The summed E-state index contributed by atoms with van der Waals surface area (Å²) < 4.78 is 5.06. The van der Waals surface area contributed by atoms with Crippen molar-refractivity contribution < 1.29 is 5.21 Å². The van der Waals surface area contributed by atoms with Gasteiger partial charge in [-0.05, 0) is 35.4 Å². The van der Waals surface area contributed by atoms with Crippen LogP contribution in [-0.4, -0.2) is 25.4 Å². The predicted octanol–water partition coefficient (Wildman–Crippen LogP) is 1.74. The van der Waals surface area contributed by atoms with Gasteiger partial charge in [0.25, 0.3) is 0 Å². The Hall–Kier alpha value is -1.67. The van der Waals surface area contributed by atoms with Crippen LogP contribution in [0.4, 0.5) is 0 Å². The van der Waals surface area contributed by atoms with Crippen LogP contribution in [0.1, 0.15) is 18.3 Å². The Balaban J connectivity index is 2.10. The molecule has 0 radical (unpaired) electrons. The van der Waals surface area contributed by atoms with Crippen LogP contribution in [0, 0.1) is 0 Å². The van der Waals surface area contributed by atoms with E-state index in [0.717, 1.165) is 21.6 Å². The van der Waals surface area contributed by atoms with Crippen molar-refractivity contribution in [2.45, 2.75) is 22.7 Å². The van der Waals surface area contributed by atoms with Gasteiger partial charge in [-0.2, -0.15) is 4.37 Å². The fourth-order valence-electron chi connectivity index (χ4n) is 1.16. The van der Waals surface area contributed by atoms with E-state index in [2.05, 4.69) is 19.5 Å². The van der Waals surface area contributed by atoms with E-state index in [1.165, 1.54) is 23.3 Å². The zero-order valence-electron chi connectivity index (χ0n) is 9.57. The molecule has 2 rings (SSSR count). The average molecular weight is 281 g/mol. The van der Waals surface area contributed by atoms with Crippen molar-refractivity contribution >= 4 is 29.1 Å². The maximum absolute atomic E-state index is 8.54. The van der Waals surface area contributed by atoms with Crippen LogP contribution in [0.5, 0.6) is 0 Å². The molecule has 94 valence electrons. The molecule has 0 aliphatic rings. The molecule has 8 heteroatoms. The highest BCUT2D eigenvalue weighted by Gasteiger charge is 2.06. The van der Waals surface area contributed by atoms with Crippen molar-refractivity contribution in [2.75, 3.05) is 0 Å². The molecule has 0 saturated carbocycles. The van der Waals surface area contributed by atoms with E-state index in [1.54, 1.807) is 18.3 Å². The first-order chi connectivity index (χ1) is 8.72. The molecule has 2 aromatic heterocycles. The number of amidine groups is 1. The van der Waals surface area contributed by atoms with Crippen LogP contribution in [0.3, 0.4) is 0 Å². The lowest BCUT2D eigenvalue weighted by atomic mass is 10.3. The maximum atomic E-state index is 8.54. The van der Waals surface area contributed by atoms with Gasteiger partial charge in [0.15, 0.2) is 10.2 Å². The van der Waals surface area contributed by atoms with Crippen molar-refractivity contribution in [2.24, 2.45) is 10.9 Å². The first-order valence-electron chi connectivity index (χ1n) is 5.17. The average Bonchev–Trinajstić information content (AvgIpc) is 2.86. The summed E-state index contributed by atoms with van der Waals surface area (Å²) in [5, 5.41) is 12.2. The van der Waals surface area contributed by atoms with E-state index in [1.807, 2.05) is 6.92 Å². The molecule has 18 heavy (non-hydrogen) atoms. The highest BCUT2D eigenvalue weighted by atomic mass is 32.2. The minimum Gasteiger partial charge on any atom is -0.409 e. The van der Waals surface area contributed by atoms with Gasteiger partial charge in [-0.25, -0.2) is 9.97 Å². The number of rotatable bonds is 4. The van der Waals surface area contributed by atoms with Crippen molar-refractivity contribution in [1.29, 1.82) is 0 Å². The molecule has 0 amide bonds. The van der Waals surface area contributed by atoms with E-state index in [4.69, 9.17) is 10.9 Å². The molecule has 2 aromatic rings. The summed E-state index contributed by atoms with van der Waals surface area (Å²) in [7, 11) is 0. The van der Waals surface area contributed by atoms with Crippen LogP contribution in [0.15, 0.2) is 32.9 Å². The molecule has 0 spiro atoms. The highest BCUT2D eigenvalue weighted by molar-refractivity contribution is 8.00. The van der Waals surface area contributed by atoms with E-state index in [-0.39, 0.29) is 5.84 Å². The third-order valence-corrected chi connectivity index (χ3v) is 3.84. The molecule has 0 unspecified atom stereocenters. The van der Waals surface area contributed by atoms with Crippen molar-refractivity contribution in [3.63, 3.8) is 0 Å². The Bertz CT molecular complexity index is 552. The third kappa shape index (κ3) is 2.96. The van der Waals surface area contributed by atoms with Gasteiger partial charge in [-0.1, -0.05) is 12.1 Å². The zero-order chi connectivity index (χ0) is 13.0. The normalized spacial score (nSPS) is 11.7. The fourth-order valence-corrected chi connectivity index (χ4v) is 2.75. The number of pyridine rings is 1. The molecular formula is C10H11N5OS2. The van der Waals surface area contributed by atoms with Gasteiger partial charge < -0.3 is 10.9 Å². The van der Waals surface area contributed by atoms with Gasteiger partial charge in [-0.15, -0.1) is 0 Å². The molecule has 0 aliphatic heterocycles. The summed E-state index contributed by atoms with van der Waals surface area (Å²) in [5.41, 5.74) is 6.03. The van der Waals surface area contributed by atoms with Crippen molar-refractivity contribution in [1.82, 2.24) is 14.3 Å². The molecular weight excluding hydrogens is 270 g/mol. The molecule has 0 aromatic carbocycles. The second-order valence-electron chi connectivity index (χ2n) is 3.30. The number of nitrogens with two attached hydrogens (primary N) is 1. The fraction of sp³-hybridized carbons (Fsp3) is 0.200. The van der Waals surface area contributed by atoms with E-state index >= 15 is 0 Å². The summed E-state index contributed by atoms with van der Waals surface area (Å²) in [6.45, 7) is 2.01. The van der Waals surface area contributed by atoms with Crippen LogP contribution in [-0.2, 0) is 6.42 Å². The number of hydrogen-bond donors (Lipinski definition) is 2. The summed E-state index contributed by atoms with van der Waals surface area (Å²) in [4.78, 5) is 8.55. The zero-order valence-corrected chi connectivity index (χ0v) is 11.2. The number of aromatic nitrogens is 3. The molecule has 0 fully saturated rings.